The minimum atomic E-state index is -2.95. The Balaban J connectivity index is 1.41. The van der Waals surface area contributed by atoms with Crippen LogP contribution in [0.25, 0.3) is 0 Å². The minimum absolute atomic E-state index is 0.176. The number of nitrogens with zero attached hydrogens (tertiary/aromatic N) is 3. The molecule has 0 spiro atoms. The highest BCUT2D eigenvalue weighted by Crippen LogP contribution is 2.31. The number of anilines is 2. The Bertz CT molecular complexity index is 760. The van der Waals surface area contributed by atoms with Gasteiger partial charge in [-0.05, 0) is 12.8 Å². The molecule has 0 radical (unpaired) electrons. The molecular formula is C15H17F3N6O2. The Labute approximate surface area is 146 Å². The van der Waals surface area contributed by atoms with Gasteiger partial charge in [-0.2, -0.15) is 18.9 Å². The van der Waals surface area contributed by atoms with Crippen LogP contribution in [0, 0.1) is 0 Å². The van der Waals surface area contributed by atoms with Crippen molar-refractivity contribution in [3.63, 3.8) is 0 Å². The van der Waals surface area contributed by atoms with Gasteiger partial charge in [0.2, 0.25) is 11.8 Å². The van der Waals surface area contributed by atoms with E-state index in [0.29, 0.717) is 6.42 Å². The fraction of sp³-hybridized carbons (Fsp3) is 0.533. The van der Waals surface area contributed by atoms with Crippen LogP contribution in [-0.4, -0.2) is 51.1 Å². The molecule has 0 unspecified atom stereocenters. The molecule has 0 amide bonds. The van der Waals surface area contributed by atoms with Crippen LogP contribution in [0.15, 0.2) is 18.5 Å². The fourth-order valence-electron chi connectivity index (χ4n) is 3.35. The summed E-state index contributed by atoms with van der Waals surface area (Å²) in [5, 5.41) is 12.1. The van der Waals surface area contributed by atoms with Gasteiger partial charge >= 0.3 is 6.61 Å². The molecule has 26 heavy (non-hydrogen) atoms. The van der Waals surface area contributed by atoms with E-state index in [1.54, 1.807) is 0 Å². The van der Waals surface area contributed by atoms with E-state index in [1.165, 1.54) is 18.5 Å². The van der Waals surface area contributed by atoms with E-state index in [4.69, 9.17) is 4.74 Å². The zero-order valence-electron chi connectivity index (χ0n) is 13.5. The summed E-state index contributed by atoms with van der Waals surface area (Å²) in [5.41, 5.74) is 0. The second-order valence-corrected chi connectivity index (χ2v) is 6.25. The number of hydrogen-bond acceptors (Lipinski definition) is 7. The standard InChI is InChI=1S/C15H17F3N6O2/c16-14-8-2-1-7(20-8)3-9(14)25-13-6-19-5-11(22-13)21-10-4-12(24-23-10)26-15(17)18/h4-9,14-15,20H,1-3H2,(H2,21,22,23,24)/t7-,8+,9-,14-/m0/s1. The smallest absolute Gasteiger partial charge is 0.388 e. The highest BCUT2D eigenvalue weighted by molar-refractivity contribution is 5.52. The Morgan fingerprint density at radius 3 is 2.96 bits per heavy atom. The summed E-state index contributed by atoms with van der Waals surface area (Å²) >= 11 is 0. The number of hydrogen-bond donors (Lipinski definition) is 3. The van der Waals surface area contributed by atoms with Crippen molar-refractivity contribution in [3.05, 3.63) is 18.5 Å². The van der Waals surface area contributed by atoms with Crippen molar-refractivity contribution in [1.29, 1.82) is 0 Å². The van der Waals surface area contributed by atoms with Gasteiger partial charge in [-0.1, -0.05) is 0 Å². The van der Waals surface area contributed by atoms with Crippen LogP contribution in [0.3, 0.4) is 0 Å². The molecule has 2 aromatic rings. The summed E-state index contributed by atoms with van der Waals surface area (Å²) in [4.78, 5) is 8.21. The third-order valence-electron chi connectivity index (χ3n) is 4.44. The predicted octanol–water partition coefficient (Wildman–Crippen LogP) is 2.15. The van der Waals surface area contributed by atoms with Crippen LogP contribution >= 0.6 is 0 Å². The van der Waals surface area contributed by atoms with Gasteiger partial charge in [0.05, 0.1) is 12.4 Å². The van der Waals surface area contributed by atoms with Gasteiger partial charge in [0.1, 0.15) is 6.10 Å². The van der Waals surface area contributed by atoms with Gasteiger partial charge in [0.15, 0.2) is 17.8 Å². The average molecular weight is 370 g/mol. The third kappa shape index (κ3) is 3.66. The Morgan fingerprint density at radius 1 is 1.23 bits per heavy atom. The molecule has 11 heteroatoms. The first-order valence-corrected chi connectivity index (χ1v) is 8.23. The lowest BCUT2D eigenvalue weighted by Crippen LogP contribution is -2.51. The maximum Gasteiger partial charge on any atom is 0.388 e. The maximum absolute atomic E-state index is 14.4. The number of ether oxygens (including phenoxy) is 2. The maximum atomic E-state index is 14.4. The average Bonchev–Trinajstić information content (AvgIpc) is 3.20. The molecule has 2 aromatic heterocycles. The minimum Gasteiger partial charge on any atom is -0.470 e. The third-order valence-corrected chi connectivity index (χ3v) is 4.44. The molecular weight excluding hydrogens is 353 g/mol. The van der Waals surface area contributed by atoms with Crippen LogP contribution in [0.2, 0.25) is 0 Å². The monoisotopic (exact) mass is 370 g/mol. The number of aromatic amines is 1. The van der Waals surface area contributed by atoms with Gasteiger partial charge in [-0.3, -0.25) is 4.98 Å². The van der Waals surface area contributed by atoms with Crippen molar-refractivity contribution < 1.29 is 22.6 Å². The Hall–Kier alpha value is -2.56. The van der Waals surface area contributed by atoms with Gasteiger partial charge in [0, 0.05) is 24.6 Å². The van der Waals surface area contributed by atoms with Gasteiger partial charge in [-0.25, -0.2) is 9.49 Å². The second kappa shape index (κ2) is 6.98. The lowest BCUT2D eigenvalue weighted by Gasteiger charge is -2.32. The van der Waals surface area contributed by atoms with E-state index < -0.39 is 18.9 Å². The lowest BCUT2D eigenvalue weighted by atomic mass is 10.0. The topological polar surface area (TPSA) is 97.0 Å². The first kappa shape index (κ1) is 16.9. The lowest BCUT2D eigenvalue weighted by molar-refractivity contribution is -0.0528. The number of fused-ring (bicyclic) bond motifs is 2. The number of alkyl halides is 3. The highest BCUT2D eigenvalue weighted by Gasteiger charge is 2.43. The van der Waals surface area contributed by atoms with E-state index in [0.717, 1.165) is 12.8 Å². The molecule has 2 bridgehead atoms. The zero-order chi connectivity index (χ0) is 18.1. The number of rotatable bonds is 6. The molecule has 4 rings (SSSR count). The molecule has 4 heterocycles. The van der Waals surface area contributed by atoms with E-state index in [1.807, 2.05) is 0 Å². The molecule has 2 saturated heterocycles. The molecule has 2 aliphatic heterocycles. The zero-order valence-corrected chi connectivity index (χ0v) is 13.5. The Morgan fingerprint density at radius 2 is 2.12 bits per heavy atom. The number of piperidine rings is 1. The van der Waals surface area contributed by atoms with Gasteiger partial charge in [-0.15, -0.1) is 0 Å². The molecule has 3 N–H and O–H groups in total. The normalized spacial score (nSPS) is 27.5. The summed E-state index contributed by atoms with van der Waals surface area (Å²) in [6.45, 7) is -2.95. The molecule has 8 nitrogen and oxygen atoms in total. The van der Waals surface area contributed by atoms with E-state index >= 15 is 0 Å². The van der Waals surface area contributed by atoms with E-state index in [-0.39, 0.29) is 35.5 Å². The molecule has 140 valence electrons. The van der Waals surface area contributed by atoms with Crippen LogP contribution in [0.4, 0.5) is 24.8 Å². The van der Waals surface area contributed by atoms with Crippen LogP contribution in [0.5, 0.6) is 11.8 Å². The summed E-state index contributed by atoms with van der Waals surface area (Å²) in [7, 11) is 0. The van der Waals surface area contributed by atoms with Crippen molar-refractivity contribution in [2.24, 2.45) is 0 Å². The highest BCUT2D eigenvalue weighted by atomic mass is 19.3. The summed E-state index contributed by atoms with van der Waals surface area (Å²) in [6, 6.07) is 1.35. The van der Waals surface area contributed by atoms with Crippen molar-refractivity contribution in [2.75, 3.05) is 5.32 Å². The molecule has 0 saturated carbocycles. The predicted molar refractivity (Wildman–Crippen MR) is 84.4 cm³/mol. The summed E-state index contributed by atoms with van der Waals surface area (Å²) in [6.07, 6.45) is 3.46. The van der Waals surface area contributed by atoms with Gasteiger partial charge < -0.3 is 20.1 Å². The van der Waals surface area contributed by atoms with E-state index in [2.05, 4.69) is 35.5 Å². The quantitative estimate of drug-likeness (QED) is 0.717. The van der Waals surface area contributed by atoms with Gasteiger partial charge in [0.25, 0.3) is 0 Å². The largest absolute Gasteiger partial charge is 0.470 e. The first-order chi connectivity index (χ1) is 12.6. The SMILES string of the molecule is FC(F)Oc1cc(Nc2cncc(O[C@H]3C[C@@H]4CC[C@@H](N4)[C@@H]3F)n2)n[nH]1. The molecule has 2 fully saturated rings. The van der Waals surface area contributed by atoms with Crippen LogP contribution in [-0.2, 0) is 0 Å². The molecule has 0 aromatic carbocycles. The van der Waals surface area contributed by atoms with Crippen molar-refractivity contribution >= 4 is 11.6 Å². The van der Waals surface area contributed by atoms with E-state index in [9.17, 15) is 13.2 Å². The molecule has 4 atom stereocenters. The number of nitrogens with one attached hydrogen (secondary N) is 3. The fourth-order valence-corrected chi connectivity index (χ4v) is 3.35. The van der Waals surface area contributed by atoms with Crippen LogP contribution < -0.4 is 20.1 Å². The molecule has 2 aliphatic rings. The number of aromatic nitrogens is 4. The Kier molecular flexibility index (Phi) is 4.53. The number of H-pyrrole nitrogens is 1. The number of halogens is 3. The van der Waals surface area contributed by atoms with Crippen molar-refractivity contribution in [3.8, 4) is 11.8 Å². The van der Waals surface area contributed by atoms with Crippen molar-refractivity contribution in [2.45, 2.75) is 50.2 Å². The molecule has 0 aliphatic carbocycles. The first-order valence-electron chi connectivity index (χ1n) is 8.23. The van der Waals surface area contributed by atoms with Crippen LogP contribution in [0.1, 0.15) is 19.3 Å². The summed E-state index contributed by atoms with van der Waals surface area (Å²) in [5.74, 6) is 0.497. The summed E-state index contributed by atoms with van der Waals surface area (Å²) < 4.78 is 48.7. The van der Waals surface area contributed by atoms with Crippen molar-refractivity contribution in [1.82, 2.24) is 25.5 Å². The second-order valence-electron chi connectivity index (χ2n) is 6.25.